The molecule has 0 saturated carbocycles. The lowest BCUT2D eigenvalue weighted by Crippen LogP contribution is -2.41. The van der Waals surface area contributed by atoms with Gasteiger partial charge in [0.2, 0.25) is 5.91 Å². The summed E-state index contributed by atoms with van der Waals surface area (Å²) >= 11 is 0. The van der Waals surface area contributed by atoms with Crippen LogP contribution in [0.2, 0.25) is 0 Å². The van der Waals surface area contributed by atoms with Crippen LogP contribution in [0.25, 0.3) is 6.08 Å². The van der Waals surface area contributed by atoms with Gasteiger partial charge in [0.25, 0.3) is 0 Å². The van der Waals surface area contributed by atoms with E-state index >= 15 is 0 Å². The van der Waals surface area contributed by atoms with E-state index in [1.165, 1.54) is 6.92 Å². The molecule has 0 bridgehead atoms. The van der Waals surface area contributed by atoms with Crippen LogP contribution < -0.4 is 14.8 Å². The minimum Gasteiger partial charge on any atom is -0.482 e. The summed E-state index contributed by atoms with van der Waals surface area (Å²) in [5.41, 5.74) is 1.87. The van der Waals surface area contributed by atoms with Crippen molar-refractivity contribution in [2.75, 3.05) is 13.2 Å². The SMILES string of the molecule is CC(=O)[C@H](Cc1ccc(OCC(=O)O)cc1)NC(=O)/C(C)=C/c1ccc(OCC(=O)O)cc1. The molecular formula is C24H25NO8. The van der Waals surface area contributed by atoms with Crippen molar-refractivity contribution in [2.24, 2.45) is 0 Å². The van der Waals surface area contributed by atoms with Crippen LogP contribution in [0.4, 0.5) is 0 Å². The molecule has 0 spiro atoms. The van der Waals surface area contributed by atoms with E-state index in [0.717, 1.165) is 5.56 Å². The first-order valence-electron chi connectivity index (χ1n) is 10.0. The number of hydrogen-bond donors (Lipinski definition) is 3. The summed E-state index contributed by atoms with van der Waals surface area (Å²) in [4.78, 5) is 45.8. The molecule has 9 heteroatoms. The van der Waals surface area contributed by atoms with Crippen molar-refractivity contribution in [1.29, 1.82) is 0 Å². The highest BCUT2D eigenvalue weighted by Gasteiger charge is 2.18. The molecule has 0 unspecified atom stereocenters. The predicted molar refractivity (Wildman–Crippen MR) is 119 cm³/mol. The third-order valence-corrected chi connectivity index (χ3v) is 4.51. The molecule has 2 aromatic carbocycles. The number of rotatable bonds is 12. The molecule has 0 aliphatic heterocycles. The average molecular weight is 455 g/mol. The molecule has 0 aliphatic rings. The smallest absolute Gasteiger partial charge is 0.341 e. The van der Waals surface area contributed by atoms with Crippen molar-refractivity contribution >= 4 is 29.7 Å². The summed E-state index contributed by atoms with van der Waals surface area (Å²) in [6.07, 6.45) is 1.91. The highest BCUT2D eigenvalue weighted by molar-refractivity contribution is 5.99. The van der Waals surface area contributed by atoms with Crippen LogP contribution in [0.3, 0.4) is 0 Å². The van der Waals surface area contributed by atoms with Gasteiger partial charge in [-0.3, -0.25) is 9.59 Å². The van der Waals surface area contributed by atoms with Gasteiger partial charge in [-0.25, -0.2) is 9.59 Å². The molecule has 0 aliphatic carbocycles. The lowest BCUT2D eigenvalue weighted by atomic mass is 10.0. The van der Waals surface area contributed by atoms with Crippen molar-refractivity contribution in [3.63, 3.8) is 0 Å². The number of carboxylic acid groups (broad SMARTS) is 2. The van der Waals surface area contributed by atoms with E-state index in [2.05, 4.69) is 5.32 Å². The molecule has 1 atom stereocenters. The zero-order valence-electron chi connectivity index (χ0n) is 18.2. The number of ketones is 1. The van der Waals surface area contributed by atoms with E-state index in [0.29, 0.717) is 22.6 Å². The van der Waals surface area contributed by atoms with Crippen molar-refractivity contribution in [3.8, 4) is 11.5 Å². The van der Waals surface area contributed by atoms with Crippen LogP contribution in [-0.4, -0.2) is 53.1 Å². The van der Waals surface area contributed by atoms with E-state index in [1.54, 1.807) is 61.5 Å². The van der Waals surface area contributed by atoms with Crippen molar-refractivity contribution in [1.82, 2.24) is 5.32 Å². The Morgan fingerprint density at radius 2 is 1.33 bits per heavy atom. The lowest BCUT2D eigenvalue weighted by Gasteiger charge is -2.17. The van der Waals surface area contributed by atoms with E-state index in [-0.39, 0.29) is 12.2 Å². The zero-order chi connectivity index (χ0) is 24.4. The highest BCUT2D eigenvalue weighted by Crippen LogP contribution is 2.16. The van der Waals surface area contributed by atoms with Crippen LogP contribution in [0.5, 0.6) is 11.5 Å². The number of carboxylic acids is 2. The molecular weight excluding hydrogens is 430 g/mol. The fourth-order valence-electron chi connectivity index (χ4n) is 2.79. The molecule has 33 heavy (non-hydrogen) atoms. The Morgan fingerprint density at radius 1 is 0.848 bits per heavy atom. The average Bonchev–Trinajstić information content (AvgIpc) is 2.77. The standard InChI is InChI=1S/C24H25NO8/c1-15(11-17-3-7-19(8-4-17)32-13-22(27)28)24(31)25-21(16(2)26)12-18-5-9-20(10-6-18)33-14-23(29)30/h3-11,21H,12-14H2,1-2H3,(H,25,31)(H,27,28)(H,29,30)/b15-11+/t21-/m0/s1. The maximum absolute atomic E-state index is 12.6. The van der Waals surface area contributed by atoms with Gasteiger partial charge in [0.15, 0.2) is 19.0 Å². The van der Waals surface area contributed by atoms with Gasteiger partial charge >= 0.3 is 11.9 Å². The number of carbonyl (C=O) groups excluding carboxylic acids is 2. The van der Waals surface area contributed by atoms with Gasteiger partial charge in [-0.15, -0.1) is 0 Å². The van der Waals surface area contributed by atoms with Crippen molar-refractivity contribution in [2.45, 2.75) is 26.3 Å². The summed E-state index contributed by atoms with van der Waals surface area (Å²) in [6, 6.07) is 12.4. The van der Waals surface area contributed by atoms with Gasteiger partial charge < -0.3 is 25.0 Å². The monoisotopic (exact) mass is 455 g/mol. The molecule has 0 saturated heterocycles. The summed E-state index contributed by atoms with van der Waals surface area (Å²) in [5.74, 6) is -1.97. The molecule has 3 N–H and O–H groups in total. The van der Waals surface area contributed by atoms with Gasteiger partial charge in [-0.1, -0.05) is 24.3 Å². The number of benzene rings is 2. The van der Waals surface area contributed by atoms with E-state index in [9.17, 15) is 19.2 Å². The van der Waals surface area contributed by atoms with E-state index in [4.69, 9.17) is 19.7 Å². The Kier molecular flexibility index (Phi) is 9.17. The van der Waals surface area contributed by atoms with Gasteiger partial charge in [0, 0.05) is 5.57 Å². The normalized spacial score (nSPS) is 11.9. The van der Waals surface area contributed by atoms with Gasteiger partial charge in [-0.2, -0.15) is 0 Å². The first kappa shape index (κ1) is 25.1. The molecule has 9 nitrogen and oxygen atoms in total. The highest BCUT2D eigenvalue weighted by atomic mass is 16.5. The predicted octanol–water partition coefficient (Wildman–Crippen LogP) is 2.33. The van der Waals surface area contributed by atoms with Gasteiger partial charge in [0.1, 0.15) is 11.5 Å². The Bertz CT molecular complexity index is 1030. The van der Waals surface area contributed by atoms with Crippen molar-refractivity contribution in [3.05, 3.63) is 65.2 Å². The molecule has 2 rings (SSSR count). The number of carbonyl (C=O) groups is 4. The van der Waals surface area contributed by atoms with Crippen LogP contribution in [0.1, 0.15) is 25.0 Å². The molecule has 1 amide bonds. The Labute approximate surface area is 190 Å². The quantitative estimate of drug-likeness (QED) is 0.415. The van der Waals surface area contributed by atoms with Crippen LogP contribution in [0, 0.1) is 0 Å². The summed E-state index contributed by atoms with van der Waals surface area (Å²) in [7, 11) is 0. The zero-order valence-corrected chi connectivity index (χ0v) is 18.2. The second-order valence-electron chi connectivity index (χ2n) is 7.25. The number of aliphatic carboxylic acids is 2. The molecule has 0 radical (unpaired) electrons. The summed E-state index contributed by atoms with van der Waals surface area (Å²) < 4.78 is 10.2. The number of amides is 1. The number of Topliss-reactive ketones (excluding diaryl/α,β-unsaturated/α-hetero) is 1. The Morgan fingerprint density at radius 3 is 1.79 bits per heavy atom. The molecule has 2 aromatic rings. The Balaban J connectivity index is 1.99. The van der Waals surface area contributed by atoms with E-state index in [1.807, 2.05) is 0 Å². The maximum atomic E-state index is 12.6. The second-order valence-corrected chi connectivity index (χ2v) is 7.25. The fourth-order valence-corrected chi connectivity index (χ4v) is 2.79. The maximum Gasteiger partial charge on any atom is 0.341 e. The lowest BCUT2D eigenvalue weighted by molar-refractivity contribution is -0.140. The van der Waals surface area contributed by atoms with E-state index < -0.39 is 37.1 Å². The second kappa shape index (κ2) is 12.0. The molecule has 0 aromatic heterocycles. The first-order chi connectivity index (χ1) is 15.6. The minimum absolute atomic E-state index is 0.206. The third-order valence-electron chi connectivity index (χ3n) is 4.51. The molecule has 0 fully saturated rings. The van der Waals surface area contributed by atoms with Crippen LogP contribution >= 0.6 is 0 Å². The topological polar surface area (TPSA) is 139 Å². The first-order valence-corrected chi connectivity index (χ1v) is 10.0. The molecule has 174 valence electrons. The number of nitrogens with one attached hydrogen (secondary N) is 1. The van der Waals surface area contributed by atoms with Crippen LogP contribution in [0.15, 0.2) is 54.1 Å². The van der Waals surface area contributed by atoms with Gasteiger partial charge in [0.05, 0.1) is 6.04 Å². The van der Waals surface area contributed by atoms with Crippen molar-refractivity contribution < 1.29 is 38.9 Å². The number of ether oxygens (including phenoxy) is 2. The van der Waals surface area contributed by atoms with Gasteiger partial charge in [-0.05, 0) is 61.7 Å². The number of hydrogen-bond acceptors (Lipinski definition) is 6. The largest absolute Gasteiger partial charge is 0.482 e. The third kappa shape index (κ3) is 8.86. The Hall–Kier alpha value is -4.14. The summed E-state index contributed by atoms with van der Waals surface area (Å²) in [5, 5.41) is 20.0. The summed E-state index contributed by atoms with van der Waals surface area (Å²) in [6.45, 7) is 2.12. The minimum atomic E-state index is -1.08. The fraction of sp³-hybridized carbons (Fsp3) is 0.250. The van der Waals surface area contributed by atoms with Crippen LogP contribution in [-0.2, 0) is 25.6 Å². The molecule has 0 heterocycles.